The highest BCUT2D eigenvalue weighted by Gasteiger charge is 2.10. The number of nitrogens with zero attached hydrogens (tertiary/aromatic N) is 3. The number of aromatic nitrogens is 2. The predicted octanol–water partition coefficient (Wildman–Crippen LogP) is 2.42. The van der Waals surface area contributed by atoms with Gasteiger partial charge in [-0.2, -0.15) is 0 Å². The van der Waals surface area contributed by atoms with Crippen LogP contribution in [0.2, 0.25) is 0 Å². The van der Waals surface area contributed by atoms with E-state index in [1.807, 2.05) is 38.1 Å². The van der Waals surface area contributed by atoms with Crippen LogP contribution in [0, 0.1) is 13.8 Å². The molecule has 0 amide bonds. The Morgan fingerprint density at radius 2 is 1.96 bits per heavy atom. The Morgan fingerprint density at radius 1 is 1.16 bits per heavy atom. The van der Waals surface area contributed by atoms with Gasteiger partial charge in [0, 0.05) is 43.5 Å². The van der Waals surface area contributed by atoms with E-state index in [1.165, 1.54) is 0 Å². The van der Waals surface area contributed by atoms with E-state index in [2.05, 4.69) is 26.3 Å². The minimum Gasteiger partial charge on any atom is -0.492 e. The van der Waals surface area contributed by atoms with Crippen molar-refractivity contribution in [3.63, 3.8) is 0 Å². The summed E-state index contributed by atoms with van der Waals surface area (Å²) in [5.74, 6) is 2.54. The van der Waals surface area contributed by atoms with Crippen LogP contribution in [0.3, 0.4) is 0 Å². The monoisotopic (exact) mass is 342 g/mol. The molecule has 6 nitrogen and oxygen atoms in total. The van der Waals surface area contributed by atoms with Gasteiger partial charge in [0.15, 0.2) is 0 Å². The molecule has 0 radical (unpaired) electrons. The summed E-state index contributed by atoms with van der Waals surface area (Å²) < 4.78 is 11.4. The van der Waals surface area contributed by atoms with Crippen molar-refractivity contribution >= 4 is 5.82 Å². The molecule has 0 spiro atoms. The summed E-state index contributed by atoms with van der Waals surface area (Å²) in [7, 11) is 0. The summed E-state index contributed by atoms with van der Waals surface area (Å²) in [4.78, 5) is 11.1. The minimum absolute atomic E-state index is 0.670. The van der Waals surface area contributed by atoms with Gasteiger partial charge in [-0.05, 0) is 19.9 Å². The van der Waals surface area contributed by atoms with Crippen LogP contribution in [0.25, 0.3) is 0 Å². The van der Waals surface area contributed by atoms with Crippen LogP contribution in [0.15, 0.2) is 30.3 Å². The Labute approximate surface area is 149 Å². The second kappa shape index (κ2) is 8.78. The Kier molecular flexibility index (Phi) is 6.19. The van der Waals surface area contributed by atoms with Crippen LogP contribution in [-0.2, 0) is 11.3 Å². The molecule has 1 aliphatic heterocycles. The topological polar surface area (TPSA) is 59.5 Å². The van der Waals surface area contributed by atoms with Crippen molar-refractivity contribution in [1.82, 2.24) is 14.9 Å². The molecule has 0 unspecified atom stereocenters. The summed E-state index contributed by atoms with van der Waals surface area (Å²) in [6.45, 7) is 9.76. The predicted molar refractivity (Wildman–Crippen MR) is 98.0 cm³/mol. The van der Waals surface area contributed by atoms with Gasteiger partial charge in [0.05, 0.1) is 13.2 Å². The number of hydrogen-bond donors (Lipinski definition) is 1. The molecular weight excluding hydrogens is 316 g/mol. The largest absolute Gasteiger partial charge is 0.492 e. The molecule has 1 fully saturated rings. The molecule has 1 aliphatic rings. The van der Waals surface area contributed by atoms with Crippen LogP contribution in [0.1, 0.15) is 17.1 Å². The van der Waals surface area contributed by atoms with Crippen molar-refractivity contribution in [1.29, 1.82) is 0 Å². The van der Waals surface area contributed by atoms with Crippen molar-refractivity contribution < 1.29 is 9.47 Å². The molecule has 1 N–H and O–H groups in total. The molecule has 0 bridgehead atoms. The number of hydrogen-bond acceptors (Lipinski definition) is 6. The van der Waals surface area contributed by atoms with E-state index in [-0.39, 0.29) is 0 Å². The number of aryl methyl sites for hydroxylation is 2. The van der Waals surface area contributed by atoms with Gasteiger partial charge in [0.2, 0.25) is 0 Å². The summed E-state index contributed by atoms with van der Waals surface area (Å²) >= 11 is 0. The van der Waals surface area contributed by atoms with Crippen LogP contribution in [0.4, 0.5) is 5.82 Å². The highest BCUT2D eigenvalue weighted by Crippen LogP contribution is 2.19. The van der Waals surface area contributed by atoms with E-state index < -0.39 is 0 Å². The van der Waals surface area contributed by atoms with E-state index in [1.54, 1.807) is 0 Å². The lowest BCUT2D eigenvalue weighted by Gasteiger charge is -2.26. The van der Waals surface area contributed by atoms with Gasteiger partial charge in [0.1, 0.15) is 24.0 Å². The first-order valence-corrected chi connectivity index (χ1v) is 8.78. The van der Waals surface area contributed by atoms with Gasteiger partial charge >= 0.3 is 0 Å². The van der Waals surface area contributed by atoms with E-state index in [4.69, 9.17) is 9.47 Å². The Bertz CT molecular complexity index is 667. The quantitative estimate of drug-likeness (QED) is 0.834. The van der Waals surface area contributed by atoms with Crippen LogP contribution in [-0.4, -0.2) is 54.3 Å². The van der Waals surface area contributed by atoms with Crippen molar-refractivity contribution in [2.45, 2.75) is 20.4 Å². The van der Waals surface area contributed by atoms with Gasteiger partial charge in [-0.15, -0.1) is 0 Å². The minimum atomic E-state index is 0.670. The lowest BCUT2D eigenvalue weighted by atomic mass is 10.2. The second-order valence-electron chi connectivity index (χ2n) is 6.21. The van der Waals surface area contributed by atoms with Crippen molar-refractivity contribution in [3.8, 4) is 5.75 Å². The third-order valence-corrected chi connectivity index (χ3v) is 4.17. The lowest BCUT2D eigenvalue weighted by molar-refractivity contribution is 0.0322. The lowest BCUT2D eigenvalue weighted by Crippen LogP contribution is -2.38. The maximum atomic E-state index is 6.02. The molecule has 134 valence electrons. The zero-order chi connectivity index (χ0) is 17.5. The summed E-state index contributed by atoms with van der Waals surface area (Å²) in [6, 6.07) is 10.1. The smallest absolute Gasteiger partial charge is 0.130 e. The molecule has 1 aromatic carbocycles. The maximum Gasteiger partial charge on any atom is 0.130 e. The molecule has 3 rings (SSSR count). The highest BCUT2D eigenvalue weighted by atomic mass is 16.5. The molecule has 1 aromatic heterocycles. The van der Waals surface area contributed by atoms with Gasteiger partial charge in [-0.25, -0.2) is 9.97 Å². The number of nitrogens with one attached hydrogen (secondary N) is 1. The van der Waals surface area contributed by atoms with Crippen molar-refractivity contribution in [3.05, 3.63) is 47.4 Å². The number of anilines is 1. The number of rotatable bonds is 7. The molecule has 1 saturated heterocycles. The van der Waals surface area contributed by atoms with Gasteiger partial charge in [-0.3, -0.25) is 4.90 Å². The molecule has 0 aliphatic carbocycles. The SMILES string of the molecule is Cc1cc(NCc2ccccc2OCCN2CCOCC2)nc(C)n1. The first-order valence-electron chi connectivity index (χ1n) is 8.78. The third kappa shape index (κ3) is 5.41. The maximum absolute atomic E-state index is 6.02. The zero-order valence-electron chi connectivity index (χ0n) is 15.0. The van der Waals surface area contributed by atoms with E-state index in [0.717, 1.165) is 61.5 Å². The van der Waals surface area contributed by atoms with E-state index >= 15 is 0 Å². The molecule has 6 heteroatoms. The number of benzene rings is 1. The third-order valence-electron chi connectivity index (χ3n) is 4.17. The van der Waals surface area contributed by atoms with Gasteiger partial charge in [0.25, 0.3) is 0 Å². The van der Waals surface area contributed by atoms with E-state index in [0.29, 0.717) is 13.2 Å². The zero-order valence-corrected chi connectivity index (χ0v) is 15.0. The molecule has 0 saturated carbocycles. The Hall–Kier alpha value is -2.18. The molecule has 25 heavy (non-hydrogen) atoms. The van der Waals surface area contributed by atoms with Crippen LogP contribution >= 0.6 is 0 Å². The van der Waals surface area contributed by atoms with Gasteiger partial charge < -0.3 is 14.8 Å². The summed E-state index contributed by atoms with van der Waals surface area (Å²) in [5.41, 5.74) is 2.09. The van der Waals surface area contributed by atoms with Crippen molar-refractivity contribution in [2.75, 3.05) is 44.8 Å². The van der Waals surface area contributed by atoms with Crippen LogP contribution in [0.5, 0.6) is 5.75 Å². The van der Waals surface area contributed by atoms with Crippen molar-refractivity contribution in [2.24, 2.45) is 0 Å². The van der Waals surface area contributed by atoms with Gasteiger partial charge in [-0.1, -0.05) is 18.2 Å². The summed E-state index contributed by atoms with van der Waals surface area (Å²) in [6.07, 6.45) is 0. The first kappa shape index (κ1) is 17.6. The Balaban J connectivity index is 1.54. The number of para-hydroxylation sites is 1. The molecule has 2 aromatic rings. The fourth-order valence-electron chi connectivity index (χ4n) is 2.89. The fourth-order valence-corrected chi connectivity index (χ4v) is 2.89. The Morgan fingerprint density at radius 3 is 2.76 bits per heavy atom. The average Bonchev–Trinajstić information content (AvgIpc) is 2.61. The van der Waals surface area contributed by atoms with Crippen LogP contribution < -0.4 is 10.1 Å². The molecule has 0 atom stereocenters. The molecule has 2 heterocycles. The highest BCUT2D eigenvalue weighted by molar-refractivity contribution is 5.40. The fraction of sp³-hybridized carbons (Fsp3) is 0.474. The summed E-state index contributed by atoms with van der Waals surface area (Å²) in [5, 5.41) is 3.36. The average molecular weight is 342 g/mol. The number of ether oxygens (including phenoxy) is 2. The standard InChI is InChI=1S/C19H26N4O2/c1-15-13-19(22-16(2)21-15)20-14-17-5-3-4-6-18(17)25-12-9-23-7-10-24-11-8-23/h3-6,13H,7-12,14H2,1-2H3,(H,20,21,22). The normalized spacial score (nSPS) is 15.1. The number of morpholine rings is 1. The van der Waals surface area contributed by atoms with E-state index in [9.17, 15) is 0 Å². The first-order chi connectivity index (χ1) is 12.2. The molecular formula is C19H26N4O2. The second-order valence-corrected chi connectivity index (χ2v) is 6.21.